The molecular formula is C21H35ClF2IN5O. The molecule has 0 atom stereocenters. The predicted octanol–water partition coefficient (Wildman–Crippen LogP) is 4.03. The van der Waals surface area contributed by atoms with Gasteiger partial charge in [0.1, 0.15) is 5.75 Å². The fourth-order valence-corrected chi connectivity index (χ4v) is 3.58. The Morgan fingerprint density at radius 1 is 1.13 bits per heavy atom. The van der Waals surface area contributed by atoms with Crippen molar-refractivity contribution in [2.24, 2.45) is 4.99 Å². The zero-order chi connectivity index (χ0) is 21.8. The van der Waals surface area contributed by atoms with Gasteiger partial charge in [-0.05, 0) is 51.1 Å². The van der Waals surface area contributed by atoms with Gasteiger partial charge < -0.3 is 25.2 Å². The molecule has 0 unspecified atom stereocenters. The van der Waals surface area contributed by atoms with Crippen molar-refractivity contribution in [2.45, 2.75) is 39.8 Å². The number of nitrogens with one attached hydrogen (secondary N) is 2. The summed E-state index contributed by atoms with van der Waals surface area (Å²) in [7, 11) is 0. The predicted molar refractivity (Wildman–Crippen MR) is 134 cm³/mol. The van der Waals surface area contributed by atoms with Crippen molar-refractivity contribution < 1.29 is 13.5 Å². The van der Waals surface area contributed by atoms with Gasteiger partial charge in [0.25, 0.3) is 0 Å². The number of ether oxygens (including phenoxy) is 1. The van der Waals surface area contributed by atoms with Crippen LogP contribution in [0, 0.1) is 0 Å². The van der Waals surface area contributed by atoms with Crippen molar-refractivity contribution in [2.75, 3.05) is 52.4 Å². The number of nitrogens with zero attached hydrogens (tertiary/aromatic N) is 3. The van der Waals surface area contributed by atoms with Gasteiger partial charge in [-0.2, -0.15) is 8.78 Å². The molecule has 1 fully saturated rings. The normalized spacial score (nSPS) is 15.6. The number of piperazine rings is 1. The maximum Gasteiger partial charge on any atom is 0.387 e. The molecule has 1 aromatic rings. The molecule has 1 heterocycles. The molecule has 0 bridgehead atoms. The van der Waals surface area contributed by atoms with Crippen molar-refractivity contribution in [3.63, 3.8) is 0 Å². The lowest BCUT2D eigenvalue weighted by atomic mass is 10.2. The van der Waals surface area contributed by atoms with Crippen LogP contribution in [-0.2, 0) is 6.54 Å². The Balaban J connectivity index is 0.00000480. The van der Waals surface area contributed by atoms with E-state index >= 15 is 0 Å². The number of benzene rings is 1. The minimum atomic E-state index is -2.88. The lowest BCUT2D eigenvalue weighted by molar-refractivity contribution is -0.0504. The van der Waals surface area contributed by atoms with Crippen LogP contribution in [0.1, 0.15) is 32.3 Å². The van der Waals surface area contributed by atoms with Gasteiger partial charge in [0.05, 0.1) is 6.54 Å². The van der Waals surface area contributed by atoms with Gasteiger partial charge >= 0.3 is 6.61 Å². The van der Waals surface area contributed by atoms with Crippen molar-refractivity contribution in [1.82, 2.24) is 20.4 Å². The number of hydrogen-bond donors (Lipinski definition) is 2. The average molecular weight is 574 g/mol. The summed E-state index contributed by atoms with van der Waals surface area (Å²) in [5, 5.41) is 6.95. The molecular weight excluding hydrogens is 539 g/mol. The number of likely N-dealkylation sites (N-methyl/N-ethyl adjacent to an activating group) is 1. The summed E-state index contributed by atoms with van der Waals surface area (Å²) in [6.45, 7) is 9.88. The molecule has 1 aliphatic rings. The quantitative estimate of drug-likeness (QED) is 0.181. The third-order valence-corrected chi connectivity index (χ3v) is 5.33. The van der Waals surface area contributed by atoms with Crippen LogP contribution >= 0.6 is 35.6 Å². The highest BCUT2D eigenvalue weighted by molar-refractivity contribution is 14.0. The topological polar surface area (TPSA) is 52.1 Å². The standard InChI is InChI=1S/C21H34ClF2N5O.HI/c1-3-25-21(26-9-5-6-10-29-13-11-28(4-2)12-14-29)27-16-17-15-18(22)7-8-19(17)30-20(23)24;/h7-8,15,20H,3-6,9-14,16H2,1-2H3,(H2,25,26,27);1H. The third-order valence-electron chi connectivity index (χ3n) is 5.10. The van der Waals surface area contributed by atoms with Crippen molar-refractivity contribution in [3.8, 4) is 5.75 Å². The van der Waals surface area contributed by atoms with Gasteiger partial charge in [0, 0.05) is 49.9 Å². The fourth-order valence-electron chi connectivity index (χ4n) is 3.38. The third kappa shape index (κ3) is 11.0. The first-order valence-electron chi connectivity index (χ1n) is 10.7. The molecule has 178 valence electrons. The number of rotatable bonds is 11. The summed E-state index contributed by atoms with van der Waals surface area (Å²) in [5.41, 5.74) is 0.520. The summed E-state index contributed by atoms with van der Waals surface area (Å²) in [5.74, 6) is 0.745. The molecule has 0 amide bonds. The first-order valence-corrected chi connectivity index (χ1v) is 11.1. The van der Waals surface area contributed by atoms with E-state index in [2.05, 4.69) is 37.1 Å². The van der Waals surface area contributed by atoms with E-state index in [1.807, 2.05) is 6.92 Å². The van der Waals surface area contributed by atoms with Crippen LogP contribution in [0.3, 0.4) is 0 Å². The van der Waals surface area contributed by atoms with E-state index < -0.39 is 6.61 Å². The van der Waals surface area contributed by atoms with Gasteiger partial charge in [-0.15, -0.1) is 24.0 Å². The minimum absolute atomic E-state index is 0. The van der Waals surface area contributed by atoms with E-state index in [4.69, 9.17) is 11.6 Å². The SMILES string of the molecule is CCNC(=NCc1cc(Cl)ccc1OC(F)F)NCCCCN1CCN(CC)CC1.I. The average Bonchev–Trinajstić information content (AvgIpc) is 2.73. The summed E-state index contributed by atoms with van der Waals surface area (Å²) in [6.07, 6.45) is 2.16. The number of unbranched alkanes of at least 4 members (excludes halogenated alkanes) is 1. The molecule has 6 nitrogen and oxygen atoms in total. The Labute approximate surface area is 206 Å². The lowest BCUT2D eigenvalue weighted by Gasteiger charge is -2.34. The molecule has 1 aromatic carbocycles. The van der Waals surface area contributed by atoms with E-state index in [1.165, 1.54) is 12.1 Å². The molecule has 0 radical (unpaired) electrons. The second-order valence-corrected chi connectivity index (χ2v) is 7.67. The van der Waals surface area contributed by atoms with E-state index in [9.17, 15) is 8.78 Å². The fraction of sp³-hybridized carbons (Fsp3) is 0.667. The second kappa shape index (κ2) is 15.8. The Morgan fingerprint density at radius 2 is 1.84 bits per heavy atom. The first-order chi connectivity index (χ1) is 14.5. The monoisotopic (exact) mass is 573 g/mol. The first kappa shape index (κ1) is 28.1. The molecule has 10 heteroatoms. The highest BCUT2D eigenvalue weighted by Crippen LogP contribution is 2.25. The lowest BCUT2D eigenvalue weighted by Crippen LogP contribution is -2.46. The van der Waals surface area contributed by atoms with Gasteiger partial charge in [0.15, 0.2) is 5.96 Å². The van der Waals surface area contributed by atoms with Crippen LogP contribution in [-0.4, -0.2) is 74.7 Å². The molecule has 0 aromatic heterocycles. The van der Waals surface area contributed by atoms with Crippen LogP contribution in [0.4, 0.5) is 8.78 Å². The van der Waals surface area contributed by atoms with Gasteiger partial charge in [-0.25, -0.2) is 4.99 Å². The molecule has 0 aliphatic carbocycles. The number of aliphatic imine (C=N–C) groups is 1. The summed E-state index contributed by atoms with van der Waals surface area (Å²) in [6, 6.07) is 4.57. The van der Waals surface area contributed by atoms with Crippen LogP contribution in [0.2, 0.25) is 5.02 Å². The Hall–Kier alpha value is -0.910. The molecule has 0 saturated carbocycles. The molecule has 1 aliphatic heterocycles. The Bertz CT molecular complexity index is 661. The van der Waals surface area contributed by atoms with Crippen molar-refractivity contribution in [3.05, 3.63) is 28.8 Å². The van der Waals surface area contributed by atoms with Gasteiger partial charge in [0.2, 0.25) is 0 Å². The van der Waals surface area contributed by atoms with E-state index in [0.717, 1.165) is 58.7 Å². The summed E-state index contributed by atoms with van der Waals surface area (Å²) >= 11 is 6.00. The van der Waals surface area contributed by atoms with Crippen LogP contribution in [0.5, 0.6) is 5.75 Å². The zero-order valence-electron chi connectivity index (χ0n) is 18.4. The summed E-state index contributed by atoms with van der Waals surface area (Å²) in [4.78, 5) is 9.50. The molecule has 2 rings (SSSR count). The zero-order valence-corrected chi connectivity index (χ0v) is 21.5. The second-order valence-electron chi connectivity index (χ2n) is 7.24. The number of hydrogen-bond acceptors (Lipinski definition) is 4. The Kier molecular flexibility index (Phi) is 14.4. The van der Waals surface area contributed by atoms with Crippen LogP contribution in [0.25, 0.3) is 0 Å². The molecule has 2 N–H and O–H groups in total. The summed E-state index contributed by atoms with van der Waals surface area (Å²) < 4.78 is 29.8. The highest BCUT2D eigenvalue weighted by Gasteiger charge is 2.14. The number of guanidine groups is 1. The highest BCUT2D eigenvalue weighted by atomic mass is 127. The van der Waals surface area contributed by atoms with Crippen molar-refractivity contribution >= 4 is 41.5 Å². The number of alkyl halides is 2. The Morgan fingerprint density at radius 3 is 2.48 bits per heavy atom. The molecule has 0 spiro atoms. The maximum absolute atomic E-state index is 12.6. The largest absolute Gasteiger partial charge is 0.434 e. The minimum Gasteiger partial charge on any atom is -0.434 e. The van der Waals surface area contributed by atoms with Crippen molar-refractivity contribution in [1.29, 1.82) is 0 Å². The van der Waals surface area contributed by atoms with E-state index in [-0.39, 0.29) is 36.3 Å². The van der Waals surface area contributed by atoms with Crippen LogP contribution in [0.15, 0.2) is 23.2 Å². The molecule has 31 heavy (non-hydrogen) atoms. The smallest absolute Gasteiger partial charge is 0.387 e. The number of halogens is 4. The van der Waals surface area contributed by atoms with E-state index in [1.54, 1.807) is 6.07 Å². The van der Waals surface area contributed by atoms with Gasteiger partial charge in [-0.3, -0.25) is 0 Å². The molecule has 1 saturated heterocycles. The van der Waals surface area contributed by atoms with Crippen LogP contribution < -0.4 is 15.4 Å². The van der Waals surface area contributed by atoms with E-state index in [0.29, 0.717) is 23.1 Å². The maximum atomic E-state index is 12.6. The van der Waals surface area contributed by atoms with Gasteiger partial charge in [-0.1, -0.05) is 18.5 Å².